The van der Waals surface area contributed by atoms with Gasteiger partial charge >= 0.3 is 0 Å². The number of hydrogen-bond donors (Lipinski definition) is 0. The Labute approximate surface area is 368 Å². The van der Waals surface area contributed by atoms with Crippen molar-refractivity contribution >= 4 is 32.5 Å². The molecule has 3 aromatic heterocycles. The second-order valence-electron chi connectivity index (χ2n) is 14.5. The Morgan fingerprint density at radius 1 is 0.627 bits per heavy atom. The summed E-state index contributed by atoms with van der Waals surface area (Å²) in [5, 5.41) is 4.87. The molecule has 5 heteroatoms. The van der Waals surface area contributed by atoms with E-state index in [9.17, 15) is 0 Å². The molecule has 0 spiro atoms. The number of para-hydroxylation sites is 2. The van der Waals surface area contributed by atoms with Crippen LogP contribution in [-0.2, 0) is 20.1 Å². The summed E-state index contributed by atoms with van der Waals surface area (Å²) in [7, 11) is 0. The van der Waals surface area contributed by atoms with Crippen LogP contribution in [0.4, 0.5) is 0 Å². The maximum atomic E-state index is 7.23. The number of benzene rings is 7. The summed E-state index contributed by atoms with van der Waals surface area (Å²) < 4.78 is 25.3. The number of rotatable bonds is 6. The summed E-state index contributed by atoms with van der Waals surface area (Å²) in [5.41, 5.74) is 17.0. The molecular weight excluding hydrogens is 915 g/mol. The Balaban J connectivity index is 0.000000263. The van der Waals surface area contributed by atoms with E-state index in [2.05, 4.69) is 175 Å². The summed E-state index contributed by atoms with van der Waals surface area (Å²) in [6, 6.07) is 61.7. The minimum absolute atomic E-state index is 0. The van der Waals surface area contributed by atoms with Gasteiger partial charge in [-0.1, -0.05) is 137 Å². The Morgan fingerprint density at radius 2 is 1.31 bits per heavy atom. The molecule has 0 amide bonds. The molecule has 0 bridgehead atoms. The number of fused-ring (bicyclic) bond motifs is 2. The fourth-order valence-corrected chi connectivity index (χ4v) is 8.61. The zero-order valence-corrected chi connectivity index (χ0v) is 36.0. The van der Waals surface area contributed by atoms with Gasteiger partial charge in [-0.15, -0.1) is 41.3 Å². The van der Waals surface area contributed by atoms with Gasteiger partial charge in [0.15, 0.2) is 0 Å². The summed E-state index contributed by atoms with van der Waals surface area (Å²) in [4.78, 5) is 9.47. The Hall–Kier alpha value is -6.23. The third-order valence-corrected chi connectivity index (χ3v) is 11.3. The van der Waals surface area contributed by atoms with Crippen LogP contribution in [0, 0.1) is 39.1 Å². The van der Waals surface area contributed by atoms with E-state index < -0.39 is 6.85 Å². The molecule has 289 valence electrons. The van der Waals surface area contributed by atoms with Crippen molar-refractivity contribution in [1.29, 1.82) is 0 Å². The molecule has 0 fully saturated rings. The largest absolute Gasteiger partial charge is 0.332 e. The van der Waals surface area contributed by atoms with E-state index in [1.165, 1.54) is 66.4 Å². The number of aryl methyl sites for hydroxylation is 4. The average Bonchev–Trinajstić information content (AvgIpc) is 3.88. The molecule has 3 nitrogen and oxygen atoms in total. The van der Waals surface area contributed by atoms with Gasteiger partial charge in [0.05, 0.1) is 22.5 Å². The number of hydrogen-bond acceptors (Lipinski definition) is 3. The van der Waals surface area contributed by atoms with E-state index >= 15 is 0 Å². The summed E-state index contributed by atoms with van der Waals surface area (Å²) in [6.45, 7) is 4.48. The maximum Gasteiger partial charge on any atom is 0.0774 e. The van der Waals surface area contributed by atoms with Crippen LogP contribution in [-0.4, -0.2) is 14.5 Å². The van der Waals surface area contributed by atoms with E-state index in [-0.39, 0.29) is 25.7 Å². The molecule has 10 rings (SSSR count). The first-order valence-corrected chi connectivity index (χ1v) is 20.1. The van der Waals surface area contributed by atoms with E-state index in [0.29, 0.717) is 0 Å². The predicted octanol–water partition coefficient (Wildman–Crippen LogP) is 14.5. The van der Waals surface area contributed by atoms with E-state index in [4.69, 9.17) is 9.10 Å². The second-order valence-corrected chi connectivity index (χ2v) is 15.3. The smallest absolute Gasteiger partial charge is 0.0774 e. The van der Waals surface area contributed by atoms with Crippen molar-refractivity contribution in [2.45, 2.75) is 27.6 Å². The predicted molar refractivity (Wildman–Crippen MR) is 244 cm³/mol. The molecule has 0 aliphatic carbocycles. The van der Waals surface area contributed by atoms with Gasteiger partial charge in [-0.05, 0) is 102 Å². The fraction of sp³-hybridized carbons (Fsp3) is 0.0741. The van der Waals surface area contributed by atoms with Crippen molar-refractivity contribution in [2.24, 2.45) is 0 Å². The first-order valence-electron chi connectivity index (χ1n) is 20.8. The van der Waals surface area contributed by atoms with Crippen LogP contribution in [0.1, 0.15) is 26.4 Å². The number of thiophene rings is 1. The Kier molecular flexibility index (Phi) is 10.5. The minimum Gasteiger partial charge on any atom is -0.332 e. The summed E-state index contributed by atoms with van der Waals surface area (Å²) >= 11 is 1.66. The molecule has 0 aliphatic rings. The molecule has 7 aromatic carbocycles. The third kappa shape index (κ3) is 7.98. The SMILES string of the molecule is Cc1cc(-c2ccccc2)c(-n2c(-c3[c-]sc4ccc(-c5c(C)cccc5C)cc34)nc3ccccc32)c(-c2ccccc2)c1.[2H]C([2H])([2H])c1ccc(-c2[c-]cccc2)nc1.[Ir]. The molecule has 3 heterocycles. The van der Waals surface area contributed by atoms with Crippen molar-refractivity contribution in [3.63, 3.8) is 0 Å². The molecule has 0 unspecified atom stereocenters. The number of nitrogens with zero attached hydrogens (tertiary/aromatic N) is 3. The topological polar surface area (TPSA) is 30.7 Å². The van der Waals surface area contributed by atoms with Crippen LogP contribution in [0.15, 0.2) is 176 Å². The molecular formula is C54H41IrN3S-2. The van der Waals surface area contributed by atoms with Crippen LogP contribution >= 0.6 is 11.3 Å². The van der Waals surface area contributed by atoms with Crippen molar-refractivity contribution in [1.82, 2.24) is 14.5 Å². The molecule has 0 aliphatic heterocycles. The van der Waals surface area contributed by atoms with Crippen molar-refractivity contribution in [2.75, 3.05) is 0 Å². The Morgan fingerprint density at radius 3 is 1.95 bits per heavy atom. The van der Waals surface area contributed by atoms with E-state index in [1.54, 1.807) is 29.5 Å². The van der Waals surface area contributed by atoms with Crippen LogP contribution in [0.5, 0.6) is 0 Å². The molecule has 1 radical (unpaired) electrons. The van der Waals surface area contributed by atoms with Crippen molar-refractivity contribution < 1.29 is 24.2 Å². The minimum atomic E-state index is -2.09. The number of pyridine rings is 1. The van der Waals surface area contributed by atoms with Gasteiger partial charge in [-0.25, -0.2) is 0 Å². The standard InChI is InChI=1S/C42H31N2S.C12H10N.Ir/c1-27-23-33(30-15-6-4-7-16-30)41(34(24-27)31-17-8-5-9-18-31)44-38-20-11-10-19-37(38)43-42(44)36-26-45-39-22-21-32(25-35(36)39)40-28(2)13-12-14-29(40)3;1-10-7-8-12(13-9-10)11-5-3-2-4-6-11;/h4-25H,1-3H3;2-5,7-9H,1H3;/q2*-1;/i;1D3;. The first kappa shape index (κ1) is 35.9. The van der Waals surface area contributed by atoms with Crippen LogP contribution in [0.25, 0.3) is 82.8 Å². The monoisotopic (exact) mass is 959 g/mol. The zero-order chi connectivity index (χ0) is 42.1. The van der Waals surface area contributed by atoms with Crippen LogP contribution in [0.2, 0.25) is 0 Å². The molecule has 0 saturated heterocycles. The van der Waals surface area contributed by atoms with Crippen LogP contribution in [0.3, 0.4) is 0 Å². The number of aromatic nitrogens is 3. The van der Waals surface area contributed by atoms with E-state index in [1.807, 2.05) is 18.2 Å². The van der Waals surface area contributed by atoms with Gasteiger partial charge in [-0.2, -0.15) is 0 Å². The van der Waals surface area contributed by atoms with E-state index in [0.717, 1.165) is 39.4 Å². The molecule has 0 atom stereocenters. The first-order chi connectivity index (χ1) is 29.6. The van der Waals surface area contributed by atoms with Gasteiger partial charge in [0.1, 0.15) is 0 Å². The fourth-order valence-electron chi connectivity index (χ4n) is 7.79. The average molecular weight is 959 g/mol. The second kappa shape index (κ2) is 17.3. The van der Waals surface area contributed by atoms with Gasteiger partial charge < -0.3 is 9.55 Å². The zero-order valence-electron chi connectivity index (χ0n) is 35.8. The molecule has 10 aromatic rings. The maximum absolute atomic E-state index is 7.23. The molecule has 0 saturated carbocycles. The number of imidazole rings is 1. The van der Waals surface area contributed by atoms with Crippen LogP contribution < -0.4 is 0 Å². The van der Waals surface area contributed by atoms with Crippen molar-refractivity contribution in [3.05, 3.63) is 210 Å². The van der Waals surface area contributed by atoms with Gasteiger partial charge in [0.2, 0.25) is 0 Å². The summed E-state index contributed by atoms with van der Waals surface area (Å²) in [6.07, 6.45) is 1.39. The van der Waals surface area contributed by atoms with Gasteiger partial charge in [-0.3, -0.25) is 16.3 Å². The normalized spacial score (nSPS) is 11.9. The summed E-state index contributed by atoms with van der Waals surface area (Å²) in [5.74, 6) is 0.902. The molecule has 59 heavy (non-hydrogen) atoms. The molecule has 0 N–H and O–H groups in total. The third-order valence-electron chi connectivity index (χ3n) is 10.5. The quantitative estimate of drug-likeness (QED) is 0.156. The van der Waals surface area contributed by atoms with Crippen molar-refractivity contribution in [3.8, 4) is 61.7 Å². The Bertz CT molecular complexity index is 3060. The van der Waals surface area contributed by atoms with Gasteiger partial charge in [0.25, 0.3) is 0 Å². The van der Waals surface area contributed by atoms with Gasteiger partial charge in [0, 0.05) is 41.5 Å².